The van der Waals surface area contributed by atoms with Crippen LogP contribution in [0.3, 0.4) is 0 Å². The van der Waals surface area contributed by atoms with Crippen molar-refractivity contribution < 1.29 is 0 Å². The molecule has 0 aliphatic heterocycles. The van der Waals surface area contributed by atoms with Crippen molar-refractivity contribution in [2.75, 3.05) is 19.4 Å². The van der Waals surface area contributed by atoms with E-state index < -0.39 is 7.26 Å². The van der Waals surface area contributed by atoms with Crippen LogP contribution >= 0.6 is 7.26 Å². The van der Waals surface area contributed by atoms with Crippen LogP contribution in [0.4, 0.5) is 0 Å². The molecule has 0 saturated heterocycles. The Labute approximate surface area is 155 Å². The first kappa shape index (κ1) is 20.1. The molecular formula is C23H36NP. The Kier molecular flexibility index (Phi) is 9.22. The van der Waals surface area contributed by atoms with E-state index in [4.69, 9.17) is 5.73 Å². The van der Waals surface area contributed by atoms with E-state index in [0.717, 1.165) is 6.54 Å². The summed E-state index contributed by atoms with van der Waals surface area (Å²) in [5.41, 5.74) is 5.55. The van der Waals surface area contributed by atoms with Crippen LogP contribution < -0.4 is 16.3 Å². The molecule has 0 aromatic heterocycles. The molecule has 2 heteroatoms. The van der Waals surface area contributed by atoms with Gasteiger partial charge in [0.2, 0.25) is 0 Å². The van der Waals surface area contributed by atoms with Crippen molar-refractivity contribution >= 4 is 17.9 Å². The minimum absolute atomic E-state index is 0.849. The first-order chi connectivity index (χ1) is 12.3. The van der Waals surface area contributed by atoms with Gasteiger partial charge in [0.15, 0.2) is 0 Å². The summed E-state index contributed by atoms with van der Waals surface area (Å²) in [5.74, 6) is 0. The van der Waals surface area contributed by atoms with Gasteiger partial charge in [0, 0.05) is 0 Å². The van der Waals surface area contributed by atoms with Crippen LogP contribution in [0.25, 0.3) is 0 Å². The van der Waals surface area contributed by atoms with Crippen molar-refractivity contribution in [2.24, 2.45) is 5.73 Å². The summed E-state index contributed by atoms with van der Waals surface area (Å²) in [7, 11) is -1.60. The molecule has 0 aliphatic carbocycles. The third-order valence-corrected chi connectivity index (χ3v) is 10.0. The van der Waals surface area contributed by atoms with Gasteiger partial charge < -0.3 is 0 Å². The molecule has 0 spiro atoms. The predicted octanol–water partition coefficient (Wildman–Crippen LogP) is 5.10. The number of rotatable bonds is 12. The average molecular weight is 358 g/mol. The monoisotopic (exact) mass is 357 g/mol. The van der Waals surface area contributed by atoms with Gasteiger partial charge in [-0.1, -0.05) is 0 Å². The third-order valence-electron chi connectivity index (χ3n) is 5.45. The molecule has 138 valence electrons. The van der Waals surface area contributed by atoms with E-state index in [0.29, 0.717) is 0 Å². The molecule has 0 radical (unpaired) electrons. The first-order valence-corrected chi connectivity index (χ1v) is 12.8. The fourth-order valence-corrected chi connectivity index (χ4v) is 7.47. The Morgan fingerprint density at radius 3 is 1.44 bits per heavy atom. The molecule has 0 unspecified atom stereocenters. The van der Waals surface area contributed by atoms with Crippen LogP contribution in [0, 0.1) is 0 Å². The number of unbranched alkanes of at least 4 members (excludes halogenated alkanes) is 7. The van der Waals surface area contributed by atoms with E-state index in [1.807, 2.05) is 0 Å². The zero-order chi connectivity index (χ0) is 17.8. The van der Waals surface area contributed by atoms with Crippen LogP contribution in [0.1, 0.15) is 51.4 Å². The SMILES string of the molecule is C[PH](CCCCCCCCCCN)(c1ccccc1)c1ccccc1. The maximum atomic E-state index is 5.55. The van der Waals surface area contributed by atoms with Gasteiger partial charge in [-0.2, -0.15) is 0 Å². The number of hydrogen-bond acceptors (Lipinski definition) is 1. The molecule has 0 amide bonds. The maximum absolute atomic E-state index is 5.55. The van der Waals surface area contributed by atoms with Gasteiger partial charge in [-0.15, -0.1) is 0 Å². The van der Waals surface area contributed by atoms with E-state index in [2.05, 4.69) is 67.3 Å². The fourth-order valence-electron chi connectivity index (χ4n) is 3.75. The standard InChI is InChI=1S/C23H36NP/c1-25(22-16-10-8-11-17-22,23-18-12-9-13-19-23)21-15-7-5-3-2-4-6-14-20-24/h8-13,16-19,25H,2-7,14-15,20-21,24H2,1H3. The molecule has 0 fully saturated rings. The second-order valence-electron chi connectivity index (χ2n) is 7.43. The molecule has 1 nitrogen and oxygen atoms in total. The molecule has 0 atom stereocenters. The molecule has 2 rings (SSSR count). The van der Waals surface area contributed by atoms with E-state index in [1.165, 1.54) is 57.5 Å². The van der Waals surface area contributed by atoms with Crippen LogP contribution in [0.15, 0.2) is 60.7 Å². The third kappa shape index (κ3) is 6.57. The van der Waals surface area contributed by atoms with E-state index in [9.17, 15) is 0 Å². The zero-order valence-electron chi connectivity index (χ0n) is 15.9. The molecule has 2 aromatic rings. The average Bonchev–Trinajstić information content (AvgIpc) is 2.68. The normalized spacial score (nSPS) is 12.2. The zero-order valence-corrected chi connectivity index (χ0v) is 16.9. The van der Waals surface area contributed by atoms with Crippen LogP contribution in [-0.4, -0.2) is 19.4 Å². The second-order valence-corrected chi connectivity index (χ2v) is 11.8. The summed E-state index contributed by atoms with van der Waals surface area (Å²) in [4.78, 5) is 0. The van der Waals surface area contributed by atoms with E-state index in [1.54, 1.807) is 10.6 Å². The van der Waals surface area contributed by atoms with Gasteiger partial charge >= 0.3 is 155 Å². The van der Waals surface area contributed by atoms with Gasteiger partial charge in [0.05, 0.1) is 0 Å². The molecule has 2 aromatic carbocycles. The molecular weight excluding hydrogens is 321 g/mol. The van der Waals surface area contributed by atoms with Crippen molar-refractivity contribution in [2.45, 2.75) is 51.4 Å². The Bertz CT molecular complexity index is 528. The topological polar surface area (TPSA) is 26.0 Å². The van der Waals surface area contributed by atoms with Crippen molar-refractivity contribution in [1.29, 1.82) is 0 Å². The van der Waals surface area contributed by atoms with E-state index >= 15 is 0 Å². The van der Waals surface area contributed by atoms with Gasteiger partial charge in [-0.05, 0) is 0 Å². The van der Waals surface area contributed by atoms with Gasteiger partial charge in [0.25, 0.3) is 0 Å². The van der Waals surface area contributed by atoms with E-state index in [-0.39, 0.29) is 0 Å². The Morgan fingerprint density at radius 2 is 1.00 bits per heavy atom. The summed E-state index contributed by atoms with van der Waals surface area (Å²) in [6.07, 6.45) is 12.1. The van der Waals surface area contributed by atoms with Crippen LogP contribution in [0.2, 0.25) is 0 Å². The van der Waals surface area contributed by atoms with Crippen molar-refractivity contribution in [3.63, 3.8) is 0 Å². The Hall–Kier alpha value is -1.17. The van der Waals surface area contributed by atoms with Gasteiger partial charge in [0.1, 0.15) is 0 Å². The van der Waals surface area contributed by atoms with Crippen LogP contribution in [0.5, 0.6) is 0 Å². The Morgan fingerprint density at radius 1 is 0.600 bits per heavy atom. The predicted molar refractivity (Wildman–Crippen MR) is 117 cm³/mol. The van der Waals surface area contributed by atoms with Gasteiger partial charge in [-0.25, -0.2) is 0 Å². The summed E-state index contributed by atoms with van der Waals surface area (Å²) in [6, 6.07) is 22.4. The summed E-state index contributed by atoms with van der Waals surface area (Å²) in [5, 5.41) is 3.14. The molecule has 0 bridgehead atoms. The molecule has 2 N–H and O–H groups in total. The summed E-state index contributed by atoms with van der Waals surface area (Å²) < 4.78 is 0. The summed E-state index contributed by atoms with van der Waals surface area (Å²) >= 11 is 0. The number of nitrogens with two attached hydrogens (primary N) is 1. The number of benzene rings is 2. The second kappa shape index (κ2) is 11.4. The van der Waals surface area contributed by atoms with Crippen molar-refractivity contribution in [3.8, 4) is 0 Å². The fraction of sp³-hybridized carbons (Fsp3) is 0.478. The number of hydrogen-bond donors (Lipinski definition) is 1. The quantitative estimate of drug-likeness (QED) is 0.415. The molecule has 0 saturated carbocycles. The Balaban J connectivity index is 1.84. The minimum atomic E-state index is -1.60. The van der Waals surface area contributed by atoms with Gasteiger partial charge in [-0.3, -0.25) is 0 Å². The molecule has 0 aliphatic rings. The van der Waals surface area contributed by atoms with Crippen molar-refractivity contribution in [3.05, 3.63) is 60.7 Å². The van der Waals surface area contributed by atoms with Crippen molar-refractivity contribution in [1.82, 2.24) is 0 Å². The molecule has 0 heterocycles. The van der Waals surface area contributed by atoms with Crippen LogP contribution in [-0.2, 0) is 0 Å². The molecule has 25 heavy (non-hydrogen) atoms. The first-order valence-electron chi connectivity index (χ1n) is 10.1. The summed E-state index contributed by atoms with van der Waals surface area (Å²) in [6.45, 7) is 3.40.